The lowest BCUT2D eigenvalue weighted by molar-refractivity contribution is -0.136. The van der Waals surface area contributed by atoms with E-state index < -0.39 is 0 Å². The van der Waals surface area contributed by atoms with Crippen molar-refractivity contribution in [3.8, 4) is 17.2 Å². The van der Waals surface area contributed by atoms with Crippen LogP contribution in [0.2, 0.25) is 0 Å². The molecule has 1 heterocycles. The molecule has 28 heavy (non-hydrogen) atoms. The minimum atomic E-state index is -0.329. The van der Waals surface area contributed by atoms with Gasteiger partial charge in [0.1, 0.15) is 23.3 Å². The summed E-state index contributed by atoms with van der Waals surface area (Å²) in [4.78, 5) is 24.7. The van der Waals surface area contributed by atoms with Gasteiger partial charge in [-0.25, -0.2) is 0 Å². The molecule has 0 radical (unpaired) electrons. The number of ether oxygens (including phenoxy) is 2. The van der Waals surface area contributed by atoms with E-state index >= 15 is 0 Å². The normalized spacial score (nSPS) is 11.4. The maximum Gasteiger partial charge on any atom is 0.311 e. The van der Waals surface area contributed by atoms with Crippen molar-refractivity contribution in [3.63, 3.8) is 0 Å². The number of benzene rings is 2. The SMILES string of the molecule is CCc1ccc(Oc2coc3cc(OC(=O)CC(C)(C)C)ccc3c2=O)cc1. The van der Waals surface area contributed by atoms with Crippen molar-refractivity contribution in [2.75, 3.05) is 0 Å². The Balaban J connectivity index is 1.82. The Morgan fingerprint density at radius 2 is 1.71 bits per heavy atom. The molecule has 0 aliphatic heterocycles. The van der Waals surface area contributed by atoms with E-state index in [2.05, 4.69) is 6.92 Å². The summed E-state index contributed by atoms with van der Waals surface area (Å²) in [6.45, 7) is 7.96. The van der Waals surface area contributed by atoms with E-state index in [0.717, 1.165) is 6.42 Å². The molecule has 0 fully saturated rings. The molecule has 3 aromatic rings. The highest BCUT2D eigenvalue weighted by molar-refractivity contribution is 5.81. The summed E-state index contributed by atoms with van der Waals surface area (Å²) in [6.07, 6.45) is 2.50. The van der Waals surface area contributed by atoms with Gasteiger partial charge in [-0.3, -0.25) is 9.59 Å². The number of fused-ring (bicyclic) bond motifs is 1. The van der Waals surface area contributed by atoms with Gasteiger partial charge in [-0.15, -0.1) is 0 Å². The summed E-state index contributed by atoms with van der Waals surface area (Å²) in [5.74, 6) is 0.684. The van der Waals surface area contributed by atoms with Gasteiger partial charge in [0.25, 0.3) is 0 Å². The minimum Gasteiger partial charge on any atom is -0.460 e. The quantitative estimate of drug-likeness (QED) is 0.432. The number of carbonyl (C=O) groups excluding carboxylic acids is 1. The predicted octanol–water partition coefficient (Wildman–Crippen LogP) is 5.49. The second-order valence-electron chi connectivity index (χ2n) is 7.90. The molecular formula is C23H24O5. The van der Waals surface area contributed by atoms with Crippen LogP contribution in [-0.4, -0.2) is 5.97 Å². The zero-order valence-corrected chi connectivity index (χ0v) is 16.6. The topological polar surface area (TPSA) is 65.7 Å². The first-order chi connectivity index (χ1) is 13.2. The second kappa shape index (κ2) is 7.89. The largest absolute Gasteiger partial charge is 0.460 e. The molecular weight excluding hydrogens is 356 g/mol. The molecule has 0 N–H and O–H groups in total. The lowest BCUT2D eigenvalue weighted by Gasteiger charge is -2.16. The van der Waals surface area contributed by atoms with Crippen LogP contribution in [0, 0.1) is 5.41 Å². The Morgan fingerprint density at radius 3 is 2.36 bits per heavy atom. The predicted molar refractivity (Wildman–Crippen MR) is 108 cm³/mol. The van der Waals surface area contributed by atoms with Crippen LogP contribution < -0.4 is 14.9 Å². The molecule has 5 nitrogen and oxygen atoms in total. The molecule has 5 heteroatoms. The second-order valence-corrected chi connectivity index (χ2v) is 7.90. The average Bonchev–Trinajstić information content (AvgIpc) is 2.63. The van der Waals surface area contributed by atoms with Crippen LogP contribution in [-0.2, 0) is 11.2 Å². The third-order valence-corrected chi connectivity index (χ3v) is 4.18. The number of carbonyl (C=O) groups is 1. The summed E-state index contributed by atoms with van der Waals surface area (Å²) in [7, 11) is 0. The first-order valence-electron chi connectivity index (χ1n) is 9.28. The number of hydrogen-bond acceptors (Lipinski definition) is 5. The maximum absolute atomic E-state index is 12.7. The molecule has 0 saturated heterocycles. The summed E-state index contributed by atoms with van der Waals surface area (Å²) >= 11 is 0. The van der Waals surface area contributed by atoms with E-state index in [1.807, 2.05) is 45.0 Å². The maximum atomic E-state index is 12.7. The van der Waals surface area contributed by atoms with Crippen LogP contribution in [0.15, 0.2) is 57.9 Å². The van der Waals surface area contributed by atoms with Crippen molar-refractivity contribution < 1.29 is 18.7 Å². The molecule has 0 bridgehead atoms. The Labute approximate surface area is 163 Å². The zero-order valence-electron chi connectivity index (χ0n) is 16.6. The fraction of sp³-hybridized carbons (Fsp3) is 0.304. The Bertz CT molecular complexity index is 1040. The molecule has 0 aliphatic carbocycles. The Kier molecular flexibility index (Phi) is 5.54. The molecule has 146 valence electrons. The van der Waals surface area contributed by atoms with E-state index in [0.29, 0.717) is 28.9 Å². The molecule has 0 amide bonds. The molecule has 0 unspecified atom stereocenters. The summed E-state index contributed by atoms with van der Waals surface area (Å²) in [5.41, 5.74) is 1.07. The van der Waals surface area contributed by atoms with Gasteiger partial charge >= 0.3 is 5.97 Å². The fourth-order valence-electron chi connectivity index (χ4n) is 2.75. The lowest BCUT2D eigenvalue weighted by Crippen LogP contribution is -2.17. The van der Waals surface area contributed by atoms with E-state index in [4.69, 9.17) is 13.9 Å². The van der Waals surface area contributed by atoms with Gasteiger partial charge in [-0.05, 0) is 41.7 Å². The zero-order chi connectivity index (χ0) is 20.3. The van der Waals surface area contributed by atoms with E-state index in [9.17, 15) is 9.59 Å². The van der Waals surface area contributed by atoms with Gasteiger partial charge in [-0.2, -0.15) is 0 Å². The Morgan fingerprint density at radius 1 is 1.04 bits per heavy atom. The molecule has 2 aromatic carbocycles. The van der Waals surface area contributed by atoms with Crippen molar-refractivity contribution >= 4 is 16.9 Å². The van der Waals surface area contributed by atoms with Crippen molar-refractivity contribution in [3.05, 3.63) is 64.5 Å². The van der Waals surface area contributed by atoms with Gasteiger partial charge < -0.3 is 13.9 Å². The van der Waals surface area contributed by atoms with E-state index in [-0.39, 0.29) is 22.6 Å². The van der Waals surface area contributed by atoms with Crippen molar-refractivity contribution in [2.45, 2.75) is 40.5 Å². The number of esters is 1. The third kappa shape index (κ3) is 4.80. The number of aryl methyl sites for hydroxylation is 1. The first kappa shape index (κ1) is 19.7. The average molecular weight is 380 g/mol. The molecule has 0 spiro atoms. The Hall–Kier alpha value is -3.08. The van der Waals surface area contributed by atoms with Crippen molar-refractivity contribution in [2.24, 2.45) is 5.41 Å². The summed E-state index contributed by atoms with van der Waals surface area (Å²) in [6, 6.07) is 12.2. The molecule has 0 aliphatic rings. The van der Waals surface area contributed by atoms with Crippen molar-refractivity contribution in [1.29, 1.82) is 0 Å². The van der Waals surface area contributed by atoms with E-state index in [1.165, 1.54) is 17.9 Å². The minimum absolute atomic E-state index is 0.106. The van der Waals surface area contributed by atoms with Crippen LogP contribution in [0.4, 0.5) is 0 Å². The standard InChI is InChI=1S/C23H24O5/c1-5-15-6-8-16(9-7-15)27-20-14-26-19-12-17(10-11-18(19)22(20)25)28-21(24)13-23(2,3)4/h6-12,14H,5,13H2,1-4H3. The molecule has 3 rings (SSSR count). The number of rotatable bonds is 5. The highest BCUT2D eigenvalue weighted by Gasteiger charge is 2.18. The summed E-state index contributed by atoms with van der Waals surface area (Å²) in [5, 5.41) is 0.360. The van der Waals surface area contributed by atoms with Gasteiger partial charge in [0.05, 0.1) is 11.8 Å². The van der Waals surface area contributed by atoms with Crippen LogP contribution in [0.25, 0.3) is 11.0 Å². The van der Waals surface area contributed by atoms with Crippen LogP contribution in [0.3, 0.4) is 0 Å². The monoisotopic (exact) mass is 380 g/mol. The highest BCUT2D eigenvalue weighted by Crippen LogP contribution is 2.25. The molecule has 0 atom stereocenters. The summed E-state index contributed by atoms with van der Waals surface area (Å²) < 4.78 is 16.6. The highest BCUT2D eigenvalue weighted by atomic mass is 16.5. The van der Waals surface area contributed by atoms with Gasteiger partial charge in [0.2, 0.25) is 11.2 Å². The van der Waals surface area contributed by atoms with E-state index in [1.54, 1.807) is 12.1 Å². The first-order valence-corrected chi connectivity index (χ1v) is 9.28. The van der Waals surface area contributed by atoms with Crippen LogP contribution in [0.5, 0.6) is 17.2 Å². The van der Waals surface area contributed by atoms with Crippen LogP contribution in [0.1, 0.15) is 39.7 Å². The van der Waals surface area contributed by atoms with Gasteiger partial charge in [-0.1, -0.05) is 39.8 Å². The van der Waals surface area contributed by atoms with Crippen LogP contribution >= 0.6 is 0 Å². The lowest BCUT2D eigenvalue weighted by atomic mass is 9.92. The third-order valence-electron chi connectivity index (χ3n) is 4.18. The fourth-order valence-corrected chi connectivity index (χ4v) is 2.75. The van der Waals surface area contributed by atoms with Gasteiger partial charge in [0.15, 0.2) is 0 Å². The van der Waals surface area contributed by atoms with Gasteiger partial charge in [0, 0.05) is 6.07 Å². The number of hydrogen-bond donors (Lipinski definition) is 0. The molecule has 1 aromatic heterocycles. The van der Waals surface area contributed by atoms with Crippen molar-refractivity contribution in [1.82, 2.24) is 0 Å². The smallest absolute Gasteiger partial charge is 0.311 e. The molecule has 0 saturated carbocycles.